The van der Waals surface area contributed by atoms with Crippen LogP contribution in [0.1, 0.15) is 26.5 Å². The molecule has 2 heterocycles. The molecule has 1 aliphatic heterocycles. The van der Waals surface area contributed by atoms with Gasteiger partial charge in [0, 0.05) is 25.3 Å². The third kappa shape index (κ3) is 2.32. The van der Waals surface area contributed by atoms with Gasteiger partial charge in [-0.15, -0.1) is 11.6 Å². The van der Waals surface area contributed by atoms with Gasteiger partial charge in [0.15, 0.2) is 6.23 Å². The maximum absolute atomic E-state index is 11.9. The highest BCUT2D eigenvalue weighted by Crippen LogP contribution is 2.44. The fourth-order valence-electron chi connectivity index (χ4n) is 2.78. The molecule has 2 rings (SSSR count). The quantitative estimate of drug-likeness (QED) is 0.846. The van der Waals surface area contributed by atoms with Gasteiger partial charge in [0.1, 0.15) is 6.10 Å². The molecule has 1 N–H and O–H groups in total. The van der Waals surface area contributed by atoms with Crippen molar-refractivity contribution in [3.8, 4) is 0 Å². The Morgan fingerprint density at radius 2 is 2.25 bits per heavy atom. The number of alkyl halides is 1. The van der Waals surface area contributed by atoms with Crippen LogP contribution in [0.3, 0.4) is 0 Å². The zero-order valence-electron chi connectivity index (χ0n) is 11.8. The number of hydrogen-bond donors (Lipinski definition) is 1. The van der Waals surface area contributed by atoms with Crippen molar-refractivity contribution in [2.45, 2.75) is 38.2 Å². The molecule has 112 valence electrons. The normalized spacial score (nSPS) is 33.5. The fraction of sp³-hybridized carbons (Fsp3) is 0.692. The molecule has 20 heavy (non-hydrogen) atoms. The summed E-state index contributed by atoms with van der Waals surface area (Å²) in [4.78, 5) is 25.3. The van der Waals surface area contributed by atoms with E-state index in [4.69, 9.17) is 21.1 Å². The highest BCUT2D eigenvalue weighted by atomic mass is 35.5. The lowest BCUT2D eigenvalue weighted by atomic mass is 9.86. The average molecular weight is 303 g/mol. The number of aromatic nitrogens is 2. The summed E-state index contributed by atoms with van der Waals surface area (Å²) in [5, 5.41) is 0. The van der Waals surface area contributed by atoms with Crippen molar-refractivity contribution in [3.63, 3.8) is 0 Å². The number of halogens is 1. The summed E-state index contributed by atoms with van der Waals surface area (Å²) in [6.45, 7) is 3.99. The SMILES string of the molecule is CC[C@@]1(CCl)O[C@@H](n2ccc(=O)[nH]c2=O)[C@@H](OC)[C@@H]1C. The van der Waals surface area contributed by atoms with Crippen LogP contribution in [-0.2, 0) is 9.47 Å². The number of nitrogens with one attached hydrogen (secondary N) is 1. The molecular weight excluding hydrogens is 284 g/mol. The standard InChI is InChI=1S/C13H19ClN2O4/c1-4-13(7-14)8(2)10(19-3)11(20-13)16-6-5-9(17)15-12(16)18/h5-6,8,10-11H,4,7H2,1-3H3,(H,15,17,18)/t8-,10-,11+,13-/m0/s1. The Hall–Kier alpha value is -1.11. The second-order valence-corrected chi connectivity index (χ2v) is 5.33. The zero-order valence-corrected chi connectivity index (χ0v) is 12.5. The van der Waals surface area contributed by atoms with Crippen molar-refractivity contribution in [1.29, 1.82) is 0 Å². The lowest BCUT2D eigenvalue weighted by Crippen LogP contribution is -2.38. The molecule has 0 saturated carbocycles. The number of hydrogen-bond acceptors (Lipinski definition) is 4. The molecule has 4 atom stereocenters. The van der Waals surface area contributed by atoms with E-state index >= 15 is 0 Å². The topological polar surface area (TPSA) is 73.3 Å². The first kappa shape index (κ1) is 15.3. The van der Waals surface area contributed by atoms with E-state index < -0.39 is 23.1 Å². The summed E-state index contributed by atoms with van der Waals surface area (Å²) in [6.07, 6.45) is 1.23. The van der Waals surface area contributed by atoms with E-state index in [9.17, 15) is 9.59 Å². The molecular formula is C13H19ClN2O4. The first-order valence-corrected chi connectivity index (χ1v) is 7.10. The molecule has 0 aromatic carbocycles. The Morgan fingerprint density at radius 1 is 1.55 bits per heavy atom. The van der Waals surface area contributed by atoms with Crippen molar-refractivity contribution in [1.82, 2.24) is 9.55 Å². The average Bonchev–Trinajstić information content (AvgIpc) is 2.71. The molecule has 1 saturated heterocycles. The number of nitrogens with zero attached hydrogens (tertiary/aromatic N) is 1. The number of methoxy groups -OCH3 is 1. The monoisotopic (exact) mass is 302 g/mol. The lowest BCUT2D eigenvalue weighted by Gasteiger charge is -2.29. The van der Waals surface area contributed by atoms with Gasteiger partial charge in [0.05, 0.1) is 11.5 Å². The minimum absolute atomic E-state index is 0.0267. The smallest absolute Gasteiger partial charge is 0.330 e. The molecule has 1 aromatic rings. The minimum atomic E-state index is -0.599. The van der Waals surface area contributed by atoms with Crippen LogP contribution in [0.5, 0.6) is 0 Å². The Labute approximate surface area is 121 Å². The van der Waals surface area contributed by atoms with Gasteiger partial charge in [-0.1, -0.05) is 13.8 Å². The van der Waals surface area contributed by atoms with Crippen LogP contribution in [0, 0.1) is 5.92 Å². The summed E-state index contributed by atoms with van der Waals surface area (Å²) >= 11 is 6.07. The van der Waals surface area contributed by atoms with Crippen LogP contribution < -0.4 is 11.2 Å². The van der Waals surface area contributed by atoms with Gasteiger partial charge in [-0.3, -0.25) is 14.3 Å². The summed E-state index contributed by atoms with van der Waals surface area (Å²) < 4.78 is 12.9. The Bertz CT molecular complexity index is 578. The van der Waals surface area contributed by atoms with Gasteiger partial charge >= 0.3 is 5.69 Å². The van der Waals surface area contributed by atoms with Crippen molar-refractivity contribution < 1.29 is 9.47 Å². The first-order chi connectivity index (χ1) is 9.49. The predicted octanol–water partition coefficient (Wildman–Crippen LogP) is 1.10. The van der Waals surface area contributed by atoms with E-state index in [2.05, 4.69) is 4.98 Å². The summed E-state index contributed by atoms with van der Waals surface area (Å²) in [5.74, 6) is 0.345. The largest absolute Gasteiger partial charge is 0.376 e. The van der Waals surface area contributed by atoms with Gasteiger partial charge in [0.2, 0.25) is 0 Å². The van der Waals surface area contributed by atoms with Crippen LogP contribution in [0.15, 0.2) is 21.9 Å². The molecule has 1 aliphatic rings. The summed E-state index contributed by atoms with van der Waals surface area (Å²) in [5.41, 5.74) is -1.49. The van der Waals surface area contributed by atoms with Gasteiger partial charge in [-0.25, -0.2) is 4.79 Å². The number of rotatable bonds is 4. The summed E-state index contributed by atoms with van der Waals surface area (Å²) in [6, 6.07) is 1.29. The molecule has 0 aliphatic carbocycles. The molecule has 1 fully saturated rings. The molecule has 0 unspecified atom stereocenters. The predicted molar refractivity (Wildman–Crippen MR) is 75.1 cm³/mol. The van der Waals surface area contributed by atoms with Gasteiger partial charge in [-0.2, -0.15) is 0 Å². The second kappa shape index (κ2) is 5.71. The number of H-pyrrole nitrogens is 1. The van der Waals surface area contributed by atoms with Crippen molar-refractivity contribution >= 4 is 11.6 Å². The van der Waals surface area contributed by atoms with Crippen LogP contribution in [0.2, 0.25) is 0 Å². The van der Waals surface area contributed by atoms with Gasteiger partial charge < -0.3 is 9.47 Å². The van der Waals surface area contributed by atoms with E-state index in [-0.39, 0.29) is 12.0 Å². The number of ether oxygens (including phenoxy) is 2. The summed E-state index contributed by atoms with van der Waals surface area (Å²) in [7, 11) is 1.58. The van der Waals surface area contributed by atoms with Crippen LogP contribution in [-0.4, -0.2) is 34.2 Å². The molecule has 0 bridgehead atoms. The molecule has 6 nitrogen and oxygen atoms in total. The third-order valence-corrected chi connectivity index (χ3v) is 4.63. The third-order valence-electron chi connectivity index (χ3n) is 4.18. The van der Waals surface area contributed by atoms with E-state index in [0.717, 1.165) is 0 Å². The highest BCUT2D eigenvalue weighted by molar-refractivity contribution is 6.18. The number of aromatic amines is 1. The van der Waals surface area contributed by atoms with Crippen LogP contribution in [0.4, 0.5) is 0 Å². The minimum Gasteiger partial charge on any atom is -0.376 e. The Kier molecular flexibility index (Phi) is 4.36. The maximum atomic E-state index is 11.9. The molecule has 1 aromatic heterocycles. The Morgan fingerprint density at radius 3 is 2.75 bits per heavy atom. The Balaban J connectivity index is 2.46. The first-order valence-electron chi connectivity index (χ1n) is 6.57. The maximum Gasteiger partial charge on any atom is 0.330 e. The molecule has 0 amide bonds. The van der Waals surface area contributed by atoms with Gasteiger partial charge in [0.25, 0.3) is 5.56 Å². The molecule has 7 heteroatoms. The second-order valence-electron chi connectivity index (χ2n) is 5.07. The van der Waals surface area contributed by atoms with Crippen molar-refractivity contribution in [3.05, 3.63) is 33.1 Å². The molecule has 0 radical (unpaired) electrons. The van der Waals surface area contributed by atoms with E-state index in [0.29, 0.717) is 12.3 Å². The van der Waals surface area contributed by atoms with Gasteiger partial charge in [-0.05, 0) is 6.42 Å². The molecule has 0 spiro atoms. The zero-order chi connectivity index (χ0) is 14.9. The van der Waals surface area contributed by atoms with Crippen LogP contribution >= 0.6 is 11.6 Å². The van der Waals surface area contributed by atoms with E-state index in [1.165, 1.54) is 16.8 Å². The van der Waals surface area contributed by atoms with E-state index in [1.807, 2.05) is 13.8 Å². The van der Waals surface area contributed by atoms with Crippen molar-refractivity contribution in [2.75, 3.05) is 13.0 Å². The van der Waals surface area contributed by atoms with Crippen molar-refractivity contribution in [2.24, 2.45) is 5.92 Å². The fourth-order valence-corrected chi connectivity index (χ4v) is 3.27. The highest BCUT2D eigenvalue weighted by Gasteiger charge is 2.52. The van der Waals surface area contributed by atoms with E-state index in [1.54, 1.807) is 7.11 Å². The lowest BCUT2D eigenvalue weighted by molar-refractivity contribution is -0.0893. The van der Waals surface area contributed by atoms with Crippen LogP contribution in [0.25, 0.3) is 0 Å².